The number of carbonyl (C=O) groups is 3. The lowest BCUT2D eigenvalue weighted by Gasteiger charge is -2.34. The molecule has 3 aliphatic rings. The molecule has 3 heterocycles. The van der Waals surface area contributed by atoms with Crippen LogP contribution in [0, 0.1) is 0 Å². The highest BCUT2D eigenvalue weighted by atomic mass is 32.2. The highest BCUT2D eigenvalue weighted by Crippen LogP contribution is 2.53. The summed E-state index contributed by atoms with van der Waals surface area (Å²) in [5.41, 5.74) is -1.14. The molecule has 2 aromatic rings. The number of para-hydroxylation sites is 1. The van der Waals surface area contributed by atoms with Crippen molar-refractivity contribution < 1.29 is 32.6 Å². The number of hydrogen-bond donors (Lipinski definition) is 1. The number of methoxy groups -OCH3 is 1. The molecule has 2 amide bonds. The largest absolute Gasteiger partial charge is 0.507 e. The number of Topliss-reactive ketones (excluding diaryl/α,β-unsaturated/α-hetero) is 1. The van der Waals surface area contributed by atoms with E-state index in [1.54, 1.807) is 31.2 Å². The van der Waals surface area contributed by atoms with Gasteiger partial charge in [-0.1, -0.05) is 24.6 Å². The Kier molecular flexibility index (Phi) is 7.08. The van der Waals surface area contributed by atoms with Crippen molar-refractivity contribution in [3.05, 3.63) is 65.2 Å². The van der Waals surface area contributed by atoms with Crippen molar-refractivity contribution >= 4 is 39.1 Å². The van der Waals surface area contributed by atoms with E-state index >= 15 is 0 Å². The van der Waals surface area contributed by atoms with E-state index in [2.05, 4.69) is 0 Å². The Hall–Kier alpha value is -3.54. The molecule has 0 aromatic heterocycles. The summed E-state index contributed by atoms with van der Waals surface area (Å²) in [7, 11) is -2.26. The molecule has 39 heavy (non-hydrogen) atoms. The molecular formula is C28H31N3O7S. The van der Waals surface area contributed by atoms with Crippen LogP contribution in [0.5, 0.6) is 0 Å². The van der Waals surface area contributed by atoms with Crippen LogP contribution in [0.3, 0.4) is 0 Å². The molecule has 2 saturated heterocycles. The van der Waals surface area contributed by atoms with Gasteiger partial charge in [0.25, 0.3) is 17.6 Å². The zero-order valence-electron chi connectivity index (χ0n) is 21.9. The first-order chi connectivity index (χ1) is 18.7. The van der Waals surface area contributed by atoms with Gasteiger partial charge in [0.1, 0.15) is 5.76 Å². The van der Waals surface area contributed by atoms with Gasteiger partial charge in [0.15, 0.2) is 5.54 Å². The fraction of sp³-hybridized carbons (Fsp3) is 0.393. The zero-order chi connectivity index (χ0) is 27.9. The molecule has 1 atom stereocenters. The average molecular weight is 554 g/mol. The van der Waals surface area contributed by atoms with Crippen LogP contribution in [0.2, 0.25) is 0 Å². The van der Waals surface area contributed by atoms with Crippen molar-refractivity contribution in [3.8, 4) is 0 Å². The molecule has 5 rings (SSSR count). The molecule has 0 aliphatic carbocycles. The van der Waals surface area contributed by atoms with Gasteiger partial charge in [-0.2, -0.15) is 4.31 Å². The Morgan fingerprint density at radius 2 is 1.67 bits per heavy atom. The number of likely N-dealkylation sites (N-methyl/N-ethyl adjacent to an activating group) is 1. The Morgan fingerprint density at radius 1 is 1.00 bits per heavy atom. The van der Waals surface area contributed by atoms with Crippen molar-refractivity contribution in [3.63, 3.8) is 0 Å². The predicted molar refractivity (Wildman–Crippen MR) is 143 cm³/mol. The molecule has 1 spiro atoms. The van der Waals surface area contributed by atoms with E-state index in [1.807, 2.05) is 0 Å². The molecule has 11 heteroatoms. The average Bonchev–Trinajstić information content (AvgIpc) is 3.34. The third kappa shape index (κ3) is 3.98. The second-order valence-corrected chi connectivity index (χ2v) is 11.7. The molecule has 10 nitrogen and oxygen atoms in total. The fourth-order valence-electron chi connectivity index (χ4n) is 5.85. The van der Waals surface area contributed by atoms with Gasteiger partial charge >= 0.3 is 0 Å². The van der Waals surface area contributed by atoms with Crippen LogP contribution in [-0.4, -0.2) is 80.2 Å². The van der Waals surface area contributed by atoms with Crippen molar-refractivity contribution in [2.24, 2.45) is 0 Å². The summed E-state index contributed by atoms with van der Waals surface area (Å²) in [6.07, 6.45) is 2.58. The Bertz CT molecular complexity index is 1460. The lowest BCUT2D eigenvalue weighted by Crippen LogP contribution is -2.52. The summed E-state index contributed by atoms with van der Waals surface area (Å²) in [6.45, 7) is 2.99. The van der Waals surface area contributed by atoms with Crippen LogP contribution >= 0.6 is 0 Å². The number of fused-ring (bicyclic) bond motifs is 2. The van der Waals surface area contributed by atoms with Gasteiger partial charge in [-0.15, -0.1) is 0 Å². The SMILES string of the molecule is CCN1C(=O)C2(/C(=C(/O)c3ccc(S(=O)(=O)N4CCCCC4)cc3)C(=O)C(=O)N2CCOC)c2ccccc21. The first kappa shape index (κ1) is 27.0. The molecule has 2 aromatic carbocycles. The topological polar surface area (TPSA) is 125 Å². The van der Waals surface area contributed by atoms with Crippen molar-refractivity contribution in [1.29, 1.82) is 0 Å². The maximum Gasteiger partial charge on any atom is 0.296 e. The molecule has 0 saturated carbocycles. The molecule has 1 unspecified atom stereocenters. The van der Waals surface area contributed by atoms with Gasteiger partial charge in [0.2, 0.25) is 10.0 Å². The summed E-state index contributed by atoms with van der Waals surface area (Å²) in [5.74, 6) is -2.97. The highest BCUT2D eigenvalue weighted by Gasteiger charge is 2.66. The van der Waals surface area contributed by atoms with E-state index in [4.69, 9.17) is 4.74 Å². The number of likely N-dealkylation sites (tertiary alicyclic amines) is 1. The van der Waals surface area contributed by atoms with Crippen LogP contribution in [-0.2, 0) is 34.7 Å². The standard InChI is InChI=1S/C28H31N3O7S/c1-3-30-22-10-6-5-9-21(22)28(27(30)35)23(25(33)26(34)31(28)17-18-38-2)24(32)19-11-13-20(14-12-19)39(36,37)29-15-7-4-8-16-29/h5-6,9-14,32H,3-4,7-8,15-18H2,1-2H3/b24-23+. The van der Waals surface area contributed by atoms with Gasteiger partial charge < -0.3 is 19.6 Å². The molecule has 206 valence electrons. The first-order valence-electron chi connectivity index (χ1n) is 13.0. The smallest absolute Gasteiger partial charge is 0.296 e. The summed E-state index contributed by atoms with van der Waals surface area (Å²) in [4.78, 5) is 43.7. The molecule has 1 N–H and O–H groups in total. The summed E-state index contributed by atoms with van der Waals surface area (Å²) < 4.78 is 32.8. The van der Waals surface area contributed by atoms with Gasteiger partial charge in [-0.05, 0) is 50.1 Å². The van der Waals surface area contributed by atoms with E-state index in [0.29, 0.717) is 24.3 Å². The van der Waals surface area contributed by atoms with Crippen LogP contribution in [0.4, 0.5) is 5.69 Å². The number of aliphatic hydroxyl groups excluding tert-OH is 1. The van der Waals surface area contributed by atoms with Crippen molar-refractivity contribution in [2.75, 3.05) is 44.8 Å². The normalized spacial score (nSPS) is 23.2. The zero-order valence-corrected chi connectivity index (χ0v) is 22.7. The minimum atomic E-state index is -3.71. The monoisotopic (exact) mass is 553 g/mol. The Morgan fingerprint density at radius 3 is 2.31 bits per heavy atom. The third-order valence-corrected chi connectivity index (χ3v) is 9.64. The van der Waals surface area contributed by atoms with Crippen molar-refractivity contribution in [1.82, 2.24) is 9.21 Å². The van der Waals surface area contributed by atoms with Gasteiger partial charge in [-0.25, -0.2) is 8.42 Å². The third-order valence-electron chi connectivity index (χ3n) is 7.73. The van der Waals surface area contributed by atoms with Gasteiger partial charge in [0.05, 0.1) is 22.8 Å². The molecule has 3 aliphatic heterocycles. The molecule has 0 bridgehead atoms. The number of nitrogens with zero attached hydrogens (tertiary/aromatic N) is 3. The summed E-state index contributed by atoms with van der Waals surface area (Å²) in [6, 6.07) is 12.4. The molecule has 0 radical (unpaired) electrons. The number of amides is 2. The number of sulfonamides is 1. The minimum absolute atomic E-state index is 0.0531. The predicted octanol–water partition coefficient (Wildman–Crippen LogP) is 2.45. The fourth-order valence-corrected chi connectivity index (χ4v) is 7.36. The number of aliphatic hydroxyl groups is 1. The van der Waals surface area contributed by atoms with Crippen LogP contribution < -0.4 is 4.90 Å². The maximum atomic E-state index is 14.1. The van der Waals surface area contributed by atoms with E-state index in [1.165, 1.54) is 45.5 Å². The minimum Gasteiger partial charge on any atom is -0.507 e. The Labute approximate surface area is 227 Å². The van der Waals surface area contributed by atoms with E-state index in [0.717, 1.165) is 19.3 Å². The number of anilines is 1. The van der Waals surface area contributed by atoms with Crippen LogP contribution in [0.25, 0.3) is 5.76 Å². The van der Waals surface area contributed by atoms with E-state index in [9.17, 15) is 27.9 Å². The van der Waals surface area contributed by atoms with Crippen LogP contribution in [0.15, 0.2) is 59.0 Å². The second kappa shape index (κ2) is 10.2. The van der Waals surface area contributed by atoms with Crippen molar-refractivity contribution in [2.45, 2.75) is 36.6 Å². The Balaban J connectivity index is 1.66. The second-order valence-electron chi connectivity index (χ2n) is 9.77. The number of carbonyl (C=O) groups excluding carboxylic acids is 3. The number of hydrogen-bond acceptors (Lipinski definition) is 7. The molecule has 2 fully saturated rings. The number of piperidine rings is 1. The first-order valence-corrected chi connectivity index (χ1v) is 14.5. The lowest BCUT2D eigenvalue weighted by molar-refractivity contribution is -0.144. The van der Waals surface area contributed by atoms with Gasteiger partial charge in [0, 0.05) is 44.4 Å². The highest BCUT2D eigenvalue weighted by molar-refractivity contribution is 7.89. The lowest BCUT2D eigenvalue weighted by atomic mass is 9.82. The number of benzene rings is 2. The van der Waals surface area contributed by atoms with Gasteiger partial charge in [-0.3, -0.25) is 14.4 Å². The maximum absolute atomic E-state index is 14.1. The van der Waals surface area contributed by atoms with E-state index in [-0.39, 0.29) is 35.7 Å². The summed E-state index contributed by atoms with van der Waals surface area (Å²) >= 11 is 0. The molecular weight excluding hydrogens is 522 g/mol. The quantitative estimate of drug-likeness (QED) is 0.317. The summed E-state index contributed by atoms with van der Waals surface area (Å²) in [5, 5.41) is 11.5. The number of ether oxygens (including phenoxy) is 1. The number of rotatable bonds is 7. The van der Waals surface area contributed by atoms with E-state index < -0.39 is 38.9 Å². The van der Waals surface area contributed by atoms with Crippen LogP contribution in [0.1, 0.15) is 37.3 Å². The number of ketones is 1.